The van der Waals surface area contributed by atoms with Crippen LogP contribution in [0.5, 0.6) is 0 Å². The number of hydrogen-bond acceptors (Lipinski definition) is 0. The molecular formula is C50H58Si2. The van der Waals surface area contributed by atoms with Crippen molar-refractivity contribution in [2.45, 2.75) is 116 Å². The molecule has 0 heterocycles. The van der Waals surface area contributed by atoms with Crippen molar-refractivity contribution >= 4 is 37.7 Å². The molecule has 2 heteroatoms. The van der Waals surface area contributed by atoms with Gasteiger partial charge in [0.2, 0.25) is 0 Å². The summed E-state index contributed by atoms with van der Waals surface area (Å²) in [5, 5.41) is 4.46. The molecule has 0 unspecified atom stereocenters. The molecule has 0 saturated carbocycles. The van der Waals surface area contributed by atoms with Crippen LogP contribution in [-0.4, -0.2) is 16.1 Å². The summed E-state index contributed by atoms with van der Waals surface area (Å²) in [6, 6.07) is 32.7. The molecule has 0 spiro atoms. The maximum Gasteiger partial charge on any atom is 0.146 e. The normalized spacial score (nSPS) is 12.2. The summed E-state index contributed by atoms with van der Waals surface area (Å²) in [4.78, 5) is 0. The minimum atomic E-state index is -2.08. The van der Waals surface area contributed by atoms with Gasteiger partial charge in [0.25, 0.3) is 0 Å². The molecule has 0 atom stereocenters. The van der Waals surface area contributed by atoms with E-state index in [4.69, 9.17) is 6.42 Å². The van der Waals surface area contributed by atoms with Crippen LogP contribution in [-0.2, 0) is 0 Å². The highest BCUT2D eigenvalue weighted by Gasteiger charge is 2.43. The van der Waals surface area contributed by atoms with Gasteiger partial charge in [0.1, 0.15) is 16.1 Å². The van der Waals surface area contributed by atoms with Gasteiger partial charge in [0.05, 0.1) is 0 Å². The maximum absolute atomic E-state index is 6.59. The fourth-order valence-electron chi connectivity index (χ4n) is 9.61. The maximum atomic E-state index is 6.59. The molecule has 0 nitrogen and oxygen atoms in total. The number of hydrogen-bond donors (Lipinski definition) is 0. The van der Waals surface area contributed by atoms with Crippen LogP contribution in [0.2, 0.25) is 33.2 Å². The Morgan fingerprint density at radius 2 is 0.865 bits per heavy atom. The second-order valence-electron chi connectivity index (χ2n) is 16.6. The van der Waals surface area contributed by atoms with Crippen LogP contribution < -0.4 is 0 Å². The summed E-state index contributed by atoms with van der Waals surface area (Å²) in [6.45, 7) is 28.6. The Morgan fingerprint density at radius 3 is 1.33 bits per heavy atom. The van der Waals surface area contributed by atoms with Crippen molar-refractivity contribution in [1.82, 2.24) is 0 Å². The quantitative estimate of drug-likeness (QED) is 0.0853. The van der Waals surface area contributed by atoms with Crippen LogP contribution in [0.3, 0.4) is 0 Å². The Hall–Kier alpha value is -4.27. The van der Waals surface area contributed by atoms with Crippen LogP contribution in [0.1, 0.15) is 99.8 Å². The average Bonchev–Trinajstić information content (AvgIpc) is 3.11. The molecule has 5 aromatic rings. The minimum absolute atomic E-state index is 0.514. The zero-order valence-corrected chi connectivity index (χ0v) is 35.7. The van der Waals surface area contributed by atoms with Crippen LogP contribution in [0.15, 0.2) is 91.0 Å². The van der Waals surface area contributed by atoms with Gasteiger partial charge in [-0.05, 0) is 72.3 Å². The monoisotopic (exact) mass is 714 g/mol. The number of benzene rings is 5. The van der Waals surface area contributed by atoms with E-state index in [9.17, 15) is 0 Å². The van der Waals surface area contributed by atoms with Crippen molar-refractivity contribution in [1.29, 1.82) is 0 Å². The molecule has 0 bridgehead atoms. The minimum Gasteiger partial charge on any atom is -0.125 e. The lowest BCUT2D eigenvalue weighted by atomic mass is 9.85. The van der Waals surface area contributed by atoms with Gasteiger partial charge in [0, 0.05) is 27.5 Å². The Balaban J connectivity index is 2.06. The van der Waals surface area contributed by atoms with E-state index in [2.05, 4.69) is 203 Å². The summed E-state index contributed by atoms with van der Waals surface area (Å²) in [5.41, 5.74) is 18.9. The molecule has 0 fully saturated rings. The van der Waals surface area contributed by atoms with Crippen molar-refractivity contribution in [3.05, 3.63) is 108 Å². The Morgan fingerprint density at radius 1 is 0.423 bits per heavy atom. The molecule has 0 radical (unpaired) electrons. The summed E-state index contributed by atoms with van der Waals surface area (Å²) in [6.07, 6.45) is 6.59. The summed E-state index contributed by atoms with van der Waals surface area (Å²) in [5.74, 6) is 11.1. The predicted molar refractivity (Wildman–Crippen MR) is 236 cm³/mol. The highest BCUT2D eigenvalue weighted by molar-refractivity contribution is 6.91. The van der Waals surface area contributed by atoms with Crippen LogP contribution >= 0.6 is 0 Å². The van der Waals surface area contributed by atoms with Gasteiger partial charge < -0.3 is 0 Å². The first-order chi connectivity index (χ1) is 24.7. The number of rotatable bonds is 8. The number of fused-ring (bicyclic) bond motifs is 2. The Bertz CT molecular complexity index is 2180. The van der Waals surface area contributed by atoms with Crippen molar-refractivity contribution in [3.63, 3.8) is 0 Å². The van der Waals surface area contributed by atoms with Crippen LogP contribution in [0.4, 0.5) is 0 Å². The molecule has 52 heavy (non-hydrogen) atoms. The lowest BCUT2D eigenvalue weighted by molar-refractivity contribution is 0.838. The first-order valence-corrected chi connectivity index (χ1v) is 23.9. The smallest absolute Gasteiger partial charge is 0.125 e. The van der Waals surface area contributed by atoms with Crippen molar-refractivity contribution in [3.8, 4) is 57.5 Å². The van der Waals surface area contributed by atoms with Crippen LogP contribution in [0, 0.1) is 35.3 Å². The molecule has 266 valence electrons. The highest BCUT2D eigenvalue weighted by Crippen LogP contribution is 2.44. The van der Waals surface area contributed by atoms with Gasteiger partial charge in [0.15, 0.2) is 0 Å². The molecule has 0 aliphatic heterocycles. The highest BCUT2D eigenvalue weighted by atomic mass is 28.3. The SMILES string of the molecule is C#Cc1c(-c2ccccc2)ccc2c(C#C[Si](C(C)C)(C(C)C)C(C)C)c3cc(-c4ccccc4)ccc3c(C#C[Si](C(C)C)(C(C)C)C(C)C)c12. The first kappa shape index (κ1) is 39.0. The lowest BCUT2D eigenvalue weighted by Crippen LogP contribution is -2.43. The van der Waals surface area contributed by atoms with Crippen LogP contribution in [0.25, 0.3) is 43.8 Å². The molecule has 0 aliphatic carbocycles. The fourth-order valence-corrected chi connectivity index (χ4v) is 20.0. The summed E-state index contributed by atoms with van der Waals surface area (Å²) < 4.78 is 0. The third-order valence-corrected chi connectivity index (χ3v) is 24.7. The third-order valence-electron chi connectivity index (χ3n) is 12.2. The molecule has 0 N–H and O–H groups in total. The standard InChI is InChI=1S/C50H58Si2/c1-14-43-44(41-23-19-16-20-24-41)27-28-47-46(29-31-51(34(2)3,35(4)5)36(6)7)49-33-42(40-21-17-15-18-22-40)25-26-45(49)48(50(43)47)30-32-52(37(8)9,38(10)11)39(12)13/h1,15-28,33-39H,2-13H3. The Labute approximate surface area is 317 Å². The molecule has 0 aromatic heterocycles. The first-order valence-electron chi connectivity index (χ1n) is 19.4. The lowest BCUT2D eigenvalue weighted by Gasteiger charge is -2.38. The van der Waals surface area contributed by atoms with E-state index in [-0.39, 0.29) is 0 Å². The van der Waals surface area contributed by atoms with E-state index in [1.807, 2.05) is 0 Å². The van der Waals surface area contributed by atoms with E-state index in [0.717, 1.165) is 49.4 Å². The van der Waals surface area contributed by atoms with Crippen molar-refractivity contribution in [2.24, 2.45) is 0 Å². The van der Waals surface area contributed by atoms with Gasteiger partial charge in [-0.2, -0.15) is 0 Å². The number of terminal acetylenes is 1. The van der Waals surface area contributed by atoms with Gasteiger partial charge >= 0.3 is 0 Å². The second kappa shape index (κ2) is 15.8. The zero-order valence-electron chi connectivity index (χ0n) is 33.7. The zero-order chi connectivity index (χ0) is 38.0. The molecule has 5 rings (SSSR count). The Kier molecular flexibility index (Phi) is 11.8. The predicted octanol–water partition coefficient (Wildman–Crippen LogP) is 14.4. The van der Waals surface area contributed by atoms with Gasteiger partial charge in [-0.25, -0.2) is 0 Å². The summed E-state index contributed by atoms with van der Waals surface area (Å²) in [7, 11) is -4.14. The third kappa shape index (κ3) is 6.83. The molecule has 5 aromatic carbocycles. The van der Waals surface area contributed by atoms with E-state index in [1.54, 1.807) is 0 Å². The molecule has 0 aliphatic rings. The van der Waals surface area contributed by atoms with E-state index >= 15 is 0 Å². The average molecular weight is 715 g/mol. The topological polar surface area (TPSA) is 0 Å². The van der Waals surface area contributed by atoms with E-state index in [1.165, 1.54) is 11.1 Å². The van der Waals surface area contributed by atoms with E-state index < -0.39 is 16.1 Å². The van der Waals surface area contributed by atoms with Crippen molar-refractivity contribution in [2.75, 3.05) is 0 Å². The fraction of sp³-hybridized carbons (Fsp3) is 0.360. The molecule has 0 amide bonds. The van der Waals surface area contributed by atoms with Gasteiger partial charge in [-0.15, -0.1) is 17.5 Å². The molecule has 0 saturated heterocycles. The largest absolute Gasteiger partial charge is 0.146 e. The summed E-state index contributed by atoms with van der Waals surface area (Å²) >= 11 is 0. The van der Waals surface area contributed by atoms with E-state index in [0.29, 0.717) is 33.2 Å². The molecular weight excluding hydrogens is 657 g/mol. The van der Waals surface area contributed by atoms with Gasteiger partial charge in [-0.1, -0.05) is 186 Å². The van der Waals surface area contributed by atoms with Gasteiger partial charge in [-0.3, -0.25) is 0 Å². The van der Waals surface area contributed by atoms with Crippen molar-refractivity contribution < 1.29 is 0 Å². The second-order valence-corrected chi connectivity index (χ2v) is 27.8.